The number of aromatic nitrogens is 3. The van der Waals surface area contributed by atoms with Crippen molar-refractivity contribution >= 4 is 11.2 Å². The molecule has 0 atom stereocenters. The fourth-order valence-corrected chi connectivity index (χ4v) is 2.52. The van der Waals surface area contributed by atoms with E-state index >= 15 is 0 Å². The molecule has 1 fully saturated rings. The maximum absolute atomic E-state index is 12.3. The molecular formula is C15H21N3O. The molecule has 0 saturated heterocycles. The van der Waals surface area contributed by atoms with Crippen molar-refractivity contribution < 1.29 is 0 Å². The minimum absolute atomic E-state index is 0.0328. The van der Waals surface area contributed by atoms with E-state index in [2.05, 4.69) is 32.9 Å². The van der Waals surface area contributed by atoms with Gasteiger partial charge in [-0.05, 0) is 30.4 Å². The molecule has 1 saturated carbocycles. The van der Waals surface area contributed by atoms with Crippen molar-refractivity contribution in [3.05, 3.63) is 28.3 Å². The van der Waals surface area contributed by atoms with Crippen molar-refractivity contribution in [2.45, 2.75) is 46.1 Å². The lowest BCUT2D eigenvalue weighted by Gasteiger charge is -2.18. The van der Waals surface area contributed by atoms with Gasteiger partial charge in [0.05, 0.1) is 5.52 Å². The smallest absolute Gasteiger partial charge is 0.290 e. The van der Waals surface area contributed by atoms with Crippen LogP contribution in [0.25, 0.3) is 11.2 Å². The summed E-state index contributed by atoms with van der Waals surface area (Å²) >= 11 is 0. The first kappa shape index (κ1) is 12.5. The first-order valence-electron chi connectivity index (χ1n) is 6.93. The molecule has 2 heterocycles. The van der Waals surface area contributed by atoms with Gasteiger partial charge in [0, 0.05) is 25.2 Å². The molecule has 102 valence electrons. The van der Waals surface area contributed by atoms with Crippen LogP contribution in [-0.2, 0) is 13.6 Å². The van der Waals surface area contributed by atoms with Crippen LogP contribution < -0.4 is 5.69 Å². The molecule has 0 bridgehead atoms. The van der Waals surface area contributed by atoms with E-state index in [0.717, 1.165) is 16.9 Å². The molecule has 1 aliphatic carbocycles. The molecule has 0 radical (unpaired) electrons. The zero-order valence-electron chi connectivity index (χ0n) is 12.1. The summed E-state index contributed by atoms with van der Waals surface area (Å²) in [6, 6.07) is 4.14. The summed E-state index contributed by atoms with van der Waals surface area (Å²) in [5.41, 5.74) is 3.01. The van der Waals surface area contributed by atoms with E-state index < -0.39 is 0 Å². The summed E-state index contributed by atoms with van der Waals surface area (Å²) in [5, 5.41) is 0. The summed E-state index contributed by atoms with van der Waals surface area (Å²) in [5.74, 6) is 0.616. The van der Waals surface area contributed by atoms with Crippen LogP contribution in [0, 0.1) is 5.41 Å². The quantitative estimate of drug-likeness (QED) is 0.831. The van der Waals surface area contributed by atoms with E-state index in [0.29, 0.717) is 12.5 Å². The van der Waals surface area contributed by atoms with Gasteiger partial charge in [-0.15, -0.1) is 0 Å². The van der Waals surface area contributed by atoms with Gasteiger partial charge in [-0.1, -0.05) is 20.8 Å². The third-order valence-electron chi connectivity index (χ3n) is 3.63. The van der Waals surface area contributed by atoms with Crippen LogP contribution in [-0.4, -0.2) is 14.1 Å². The number of pyridine rings is 1. The lowest BCUT2D eigenvalue weighted by Crippen LogP contribution is -2.27. The molecule has 4 heteroatoms. The molecule has 2 aromatic heterocycles. The summed E-state index contributed by atoms with van der Waals surface area (Å²) in [6.45, 7) is 7.15. The first-order valence-corrected chi connectivity index (χ1v) is 6.93. The van der Waals surface area contributed by atoms with Crippen LogP contribution in [0.15, 0.2) is 16.9 Å². The van der Waals surface area contributed by atoms with Gasteiger partial charge in [0.15, 0.2) is 5.65 Å². The molecule has 0 aromatic carbocycles. The third kappa shape index (κ3) is 2.20. The van der Waals surface area contributed by atoms with Gasteiger partial charge in [-0.3, -0.25) is 9.13 Å². The standard InChI is InChI=1S/C15H21N3O/c1-15(2,3)9-18-12-8-7-11(10-5-6-10)16-13(12)17(4)14(18)19/h7-8,10H,5-6,9H2,1-4H3. The monoisotopic (exact) mass is 259 g/mol. The van der Waals surface area contributed by atoms with Gasteiger partial charge in [-0.2, -0.15) is 0 Å². The number of hydrogen-bond donors (Lipinski definition) is 0. The Morgan fingerprint density at radius 3 is 2.58 bits per heavy atom. The highest BCUT2D eigenvalue weighted by atomic mass is 16.1. The van der Waals surface area contributed by atoms with E-state index in [1.165, 1.54) is 12.8 Å². The van der Waals surface area contributed by atoms with Crippen molar-refractivity contribution in [1.29, 1.82) is 0 Å². The number of rotatable bonds is 2. The fraction of sp³-hybridized carbons (Fsp3) is 0.600. The van der Waals surface area contributed by atoms with E-state index in [9.17, 15) is 4.79 Å². The molecule has 0 aliphatic heterocycles. The van der Waals surface area contributed by atoms with E-state index in [-0.39, 0.29) is 11.1 Å². The summed E-state index contributed by atoms with van der Waals surface area (Å²) < 4.78 is 3.52. The second-order valence-corrected chi connectivity index (χ2v) is 6.84. The van der Waals surface area contributed by atoms with Crippen molar-refractivity contribution in [3.8, 4) is 0 Å². The predicted molar refractivity (Wildman–Crippen MR) is 76.4 cm³/mol. The number of imidazole rings is 1. The zero-order valence-corrected chi connectivity index (χ0v) is 12.1. The normalized spacial score (nSPS) is 16.2. The lowest BCUT2D eigenvalue weighted by molar-refractivity contribution is 0.342. The molecular weight excluding hydrogens is 238 g/mol. The molecule has 0 amide bonds. The Hall–Kier alpha value is -1.58. The molecule has 3 rings (SSSR count). The van der Waals surface area contributed by atoms with E-state index in [1.807, 2.05) is 11.6 Å². The SMILES string of the molecule is Cn1c(=O)n(CC(C)(C)C)c2ccc(C3CC3)nc21. The van der Waals surface area contributed by atoms with Crippen LogP contribution in [0.5, 0.6) is 0 Å². The summed E-state index contributed by atoms with van der Waals surface area (Å²) in [7, 11) is 1.81. The van der Waals surface area contributed by atoms with Gasteiger partial charge >= 0.3 is 5.69 Å². The van der Waals surface area contributed by atoms with Gasteiger partial charge < -0.3 is 0 Å². The highest BCUT2D eigenvalue weighted by Gasteiger charge is 2.26. The van der Waals surface area contributed by atoms with Crippen LogP contribution in [0.3, 0.4) is 0 Å². The Bertz CT molecular complexity index is 684. The Morgan fingerprint density at radius 1 is 1.32 bits per heavy atom. The minimum atomic E-state index is 0.0328. The van der Waals surface area contributed by atoms with Gasteiger partial charge in [-0.25, -0.2) is 9.78 Å². The highest BCUT2D eigenvalue weighted by molar-refractivity contribution is 5.72. The molecule has 2 aromatic rings. The number of hydrogen-bond acceptors (Lipinski definition) is 2. The first-order chi connectivity index (χ1) is 8.87. The van der Waals surface area contributed by atoms with Gasteiger partial charge in [0.25, 0.3) is 0 Å². The highest BCUT2D eigenvalue weighted by Crippen LogP contribution is 2.39. The van der Waals surface area contributed by atoms with Crippen molar-refractivity contribution in [2.75, 3.05) is 0 Å². The summed E-state index contributed by atoms with van der Waals surface area (Å²) in [6.07, 6.45) is 2.46. The second-order valence-electron chi connectivity index (χ2n) is 6.84. The second kappa shape index (κ2) is 3.95. The summed E-state index contributed by atoms with van der Waals surface area (Å²) in [4.78, 5) is 17.0. The van der Waals surface area contributed by atoms with Crippen LogP contribution >= 0.6 is 0 Å². The Kier molecular flexibility index (Phi) is 2.59. The predicted octanol–water partition coefficient (Wildman–Crippen LogP) is 2.66. The molecule has 4 nitrogen and oxygen atoms in total. The Balaban J connectivity index is 2.17. The van der Waals surface area contributed by atoms with Crippen molar-refractivity contribution in [3.63, 3.8) is 0 Å². The minimum Gasteiger partial charge on any atom is -0.290 e. The van der Waals surface area contributed by atoms with Crippen LogP contribution in [0.1, 0.15) is 45.2 Å². The third-order valence-corrected chi connectivity index (χ3v) is 3.63. The molecule has 0 spiro atoms. The number of aryl methyl sites for hydroxylation is 1. The molecule has 0 N–H and O–H groups in total. The number of fused-ring (bicyclic) bond motifs is 1. The largest absolute Gasteiger partial charge is 0.330 e. The van der Waals surface area contributed by atoms with Crippen LogP contribution in [0.2, 0.25) is 0 Å². The van der Waals surface area contributed by atoms with Gasteiger partial charge in [0.1, 0.15) is 0 Å². The van der Waals surface area contributed by atoms with Crippen molar-refractivity contribution in [1.82, 2.24) is 14.1 Å². The topological polar surface area (TPSA) is 39.8 Å². The lowest BCUT2D eigenvalue weighted by atomic mass is 9.97. The fourth-order valence-electron chi connectivity index (χ4n) is 2.52. The van der Waals surface area contributed by atoms with E-state index in [1.54, 1.807) is 4.57 Å². The zero-order chi connectivity index (χ0) is 13.8. The maximum Gasteiger partial charge on any atom is 0.330 e. The number of nitrogens with zero attached hydrogens (tertiary/aromatic N) is 3. The molecule has 19 heavy (non-hydrogen) atoms. The Morgan fingerprint density at radius 2 is 2.00 bits per heavy atom. The maximum atomic E-state index is 12.3. The van der Waals surface area contributed by atoms with E-state index in [4.69, 9.17) is 4.98 Å². The van der Waals surface area contributed by atoms with Gasteiger partial charge in [0.2, 0.25) is 0 Å². The molecule has 0 unspecified atom stereocenters. The average molecular weight is 259 g/mol. The Labute approximate surface area is 113 Å². The van der Waals surface area contributed by atoms with Crippen molar-refractivity contribution in [2.24, 2.45) is 12.5 Å². The average Bonchev–Trinajstić information content (AvgIpc) is 3.13. The van der Waals surface area contributed by atoms with Crippen LogP contribution in [0.4, 0.5) is 0 Å². The molecule has 1 aliphatic rings.